The number of carbonyl (C=O) groups is 2. The highest BCUT2D eigenvalue weighted by molar-refractivity contribution is 6.30. The molecule has 156 valence electrons. The molecule has 1 heterocycles. The van der Waals surface area contributed by atoms with Crippen LogP contribution in [0.4, 0.5) is 0 Å². The summed E-state index contributed by atoms with van der Waals surface area (Å²) in [7, 11) is 3.09. The monoisotopic (exact) mass is 436 g/mol. The van der Waals surface area contributed by atoms with Gasteiger partial charge >= 0.3 is 5.97 Å². The summed E-state index contributed by atoms with van der Waals surface area (Å²) in [5, 5.41) is 0.432. The Morgan fingerprint density at radius 3 is 2.52 bits per heavy atom. The first kappa shape index (κ1) is 20.5. The van der Waals surface area contributed by atoms with E-state index in [1.165, 1.54) is 19.2 Å². The van der Waals surface area contributed by atoms with Gasteiger partial charge in [-0.1, -0.05) is 17.7 Å². The van der Waals surface area contributed by atoms with Crippen LogP contribution in [0.2, 0.25) is 5.02 Å². The van der Waals surface area contributed by atoms with E-state index in [0.717, 1.165) is 0 Å². The van der Waals surface area contributed by atoms with Crippen LogP contribution in [0.25, 0.3) is 6.08 Å². The van der Waals surface area contributed by atoms with Gasteiger partial charge in [0.1, 0.15) is 23.0 Å². The van der Waals surface area contributed by atoms with Gasteiger partial charge in [0.15, 0.2) is 5.76 Å². The zero-order valence-corrected chi connectivity index (χ0v) is 17.4. The molecule has 0 bridgehead atoms. The lowest BCUT2D eigenvalue weighted by Gasteiger charge is -2.08. The van der Waals surface area contributed by atoms with E-state index in [1.807, 2.05) is 0 Å². The molecule has 0 atom stereocenters. The van der Waals surface area contributed by atoms with Crippen LogP contribution >= 0.6 is 11.6 Å². The van der Waals surface area contributed by atoms with Crippen molar-refractivity contribution in [3.8, 4) is 23.0 Å². The number of methoxy groups -OCH3 is 2. The first-order chi connectivity index (χ1) is 15.0. The molecule has 6 nitrogen and oxygen atoms in total. The SMILES string of the molecule is COc1ccc(/C=C2\Oc3cc(OC(=O)c4cccc(Cl)c4)ccc3C2=O)c(OC)c1. The Morgan fingerprint density at radius 1 is 0.968 bits per heavy atom. The fourth-order valence-corrected chi connectivity index (χ4v) is 3.28. The van der Waals surface area contributed by atoms with Crippen molar-refractivity contribution in [3.05, 3.63) is 88.1 Å². The number of allylic oxidation sites excluding steroid dienone is 1. The van der Waals surface area contributed by atoms with E-state index < -0.39 is 5.97 Å². The standard InChI is InChI=1S/C24H17ClO6/c1-28-17-7-6-14(20(12-17)29-2)11-22-23(26)19-9-8-18(13-21(19)31-22)30-24(27)15-4-3-5-16(25)10-15/h3-13H,1-2H3/b22-11-. The summed E-state index contributed by atoms with van der Waals surface area (Å²) in [6, 6.07) is 16.3. The number of halogens is 1. The predicted molar refractivity (Wildman–Crippen MR) is 115 cm³/mol. The minimum absolute atomic E-state index is 0.136. The van der Waals surface area contributed by atoms with E-state index >= 15 is 0 Å². The molecule has 0 saturated carbocycles. The fourth-order valence-electron chi connectivity index (χ4n) is 3.09. The van der Waals surface area contributed by atoms with Gasteiger partial charge in [0.2, 0.25) is 5.78 Å². The molecule has 0 N–H and O–H groups in total. The Kier molecular flexibility index (Phi) is 5.64. The lowest BCUT2D eigenvalue weighted by molar-refractivity contribution is 0.0734. The molecule has 0 amide bonds. The van der Waals surface area contributed by atoms with Crippen LogP contribution < -0.4 is 18.9 Å². The minimum atomic E-state index is -0.564. The van der Waals surface area contributed by atoms with Crippen molar-refractivity contribution in [1.29, 1.82) is 0 Å². The topological polar surface area (TPSA) is 71.1 Å². The van der Waals surface area contributed by atoms with E-state index in [2.05, 4.69) is 0 Å². The van der Waals surface area contributed by atoms with Crippen LogP contribution in [0, 0.1) is 0 Å². The summed E-state index contributed by atoms with van der Waals surface area (Å²) in [5.41, 5.74) is 1.35. The first-order valence-corrected chi connectivity index (χ1v) is 9.64. The highest BCUT2D eigenvalue weighted by Crippen LogP contribution is 2.36. The van der Waals surface area contributed by atoms with E-state index in [9.17, 15) is 9.59 Å². The second-order valence-corrected chi connectivity index (χ2v) is 7.04. The molecule has 7 heteroatoms. The number of ketones is 1. The molecular weight excluding hydrogens is 420 g/mol. The van der Waals surface area contributed by atoms with Gasteiger partial charge in [0, 0.05) is 22.7 Å². The Balaban J connectivity index is 1.57. The molecule has 0 unspecified atom stereocenters. The van der Waals surface area contributed by atoms with Crippen molar-refractivity contribution in [3.63, 3.8) is 0 Å². The van der Waals surface area contributed by atoms with Crippen molar-refractivity contribution >= 4 is 29.4 Å². The molecule has 0 saturated heterocycles. The van der Waals surface area contributed by atoms with E-state index in [0.29, 0.717) is 39.0 Å². The molecule has 0 radical (unpaired) electrons. The maximum absolute atomic E-state index is 12.7. The van der Waals surface area contributed by atoms with Gasteiger partial charge in [-0.05, 0) is 48.5 Å². The largest absolute Gasteiger partial charge is 0.497 e. The van der Waals surface area contributed by atoms with Gasteiger partial charge in [0.25, 0.3) is 0 Å². The molecule has 1 aliphatic heterocycles. The van der Waals surface area contributed by atoms with E-state index in [-0.39, 0.29) is 17.3 Å². The number of esters is 1. The zero-order chi connectivity index (χ0) is 22.0. The highest BCUT2D eigenvalue weighted by atomic mass is 35.5. The quantitative estimate of drug-likeness (QED) is 0.311. The number of hydrogen-bond donors (Lipinski definition) is 0. The summed E-state index contributed by atoms with van der Waals surface area (Å²) in [4.78, 5) is 25.1. The van der Waals surface area contributed by atoms with Crippen LogP contribution in [0.1, 0.15) is 26.3 Å². The van der Waals surface area contributed by atoms with Crippen LogP contribution in [-0.4, -0.2) is 26.0 Å². The maximum atomic E-state index is 12.7. The third kappa shape index (κ3) is 4.25. The molecule has 0 aromatic heterocycles. The molecule has 3 aromatic carbocycles. The number of fused-ring (bicyclic) bond motifs is 1. The molecule has 0 spiro atoms. The maximum Gasteiger partial charge on any atom is 0.343 e. The third-order valence-electron chi connectivity index (χ3n) is 4.64. The number of Topliss-reactive ketones (excluding diaryl/α,β-unsaturated/α-hetero) is 1. The van der Waals surface area contributed by atoms with E-state index in [4.69, 9.17) is 30.5 Å². The van der Waals surface area contributed by atoms with Gasteiger partial charge in [-0.15, -0.1) is 0 Å². The van der Waals surface area contributed by atoms with Gasteiger partial charge in [-0.3, -0.25) is 4.79 Å². The summed E-state index contributed by atoms with van der Waals surface area (Å²) in [5.74, 6) is 1.02. The fraction of sp³-hybridized carbons (Fsp3) is 0.0833. The molecule has 3 aromatic rings. The summed E-state index contributed by atoms with van der Waals surface area (Å²) < 4.78 is 21.7. The molecule has 0 fully saturated rings. The summed E-state index contributed by atoms with van der Waals surface area (Å²) >= 11 is 5.92. The van der Waals surface area contributed by atoms with Crippen molar-refractivity contribution in [2.24, 2.45) is 0 Å². The minimum Gasteiger partial charge on any atom is -0.497 e. The number of hydrogen-bond acceptors (Lipinski definition) is 6. The predicted octanol–water partition coefficient (Wildman–Crippen LogP) is 5.19. The molecule has 31 heavy (non-hydrogen) atoms. The lowest BCUT2D eigenvalue weighted by Crippen LogP contribution is -2.08. The second kappa shape index (κ2) is 8.53. The molecule has 1 aliphatic rings. The average molecular weight is 437 g/mol. The Hall–Kier alpha value is -3.77. The summed E-state index contributed by atoms with van der Waals surface area (Å²) in [6.45, 7) is 0. The number of benzene rings is 3. The van der Waals surface area contributed by atoms with Crippen molar-refractivity contribution in [2.75, 3.05) is 14.2 Å². The van der Waals surface area contributed by atoms with Gasteiger partial charge in [-0.25, -0.2) is 4.79 Å². The van der Waals surface area contributed by atoms with Gasteiger partial charge in [0.05, 0.1) is 25.3 Å². The second-order valence-electron chi connectivity index (χ2n) is 6.61. The summed E-state index contributed by atoms with van der Waals surface area (Å²) in [6.07, 6.45) is 1.60. The van der Waals surface area contributed by atoms with Crippen LogP contribution in [0.3, 0.4) is 0 Å². The molecular formula is C24H17ClO6. The Labute approximate surface area is 183 Å². The van der Waals surface area contributed by atoms with Gasteiger partial charge in [-0.2, -0.15) is 0 Å². The van der Waals surface area contributed by atoms with Crippen molar-refractivity contribution in [2.45, 2.75) is 0 Å². The van der Waals surface area contributed by atoms with Gasteiger partial charge < -0.3 is 18.9 Å². The van der Waals surface area contributed by atoms with Crippen molar-refractivity contribution < 1.29 is 28.5 Å². The van der Waals surface area contributed by atoms with E-state index in [1.54, 1.807) is 61.7 Å². The number of rotatable bonds is 5. The van der Waals surface area contributed by atoms with Crippen LogP contribution in [0.15, 0.2) is 66.4 Å². The smallest absolute Gasteiger partial charge is 0.343 e. The normalized spacial score (nSPS) is 13.5. The Morgan fingerprint density at radius 2 is 1.77 bits per heavy atom. The lowest BCUT2D eigenvalue weighted by atomic mass is 10.1. The average Bonchev–Trinajstić information content (AvgIpc) is 3.08. The first-order valence-electron chi connectivity index (χ1n) is 9.26. The Bertz CT molecular complexity index is 1210. The number of carbonyl (C=O) groups excluding carboxylic acids is 2. The molecule has 4 rings (SSSR count). The molecule has 0 aliphatic carbocycles. The highest BCUT2D eigenvalue weighted by Gasteiger charge is 2.28. The van der Waals surface area contributed by atoms with Crippen LogP contribution in [0.5, 0.6) is 23.0 Å². The zero-order valence-electron chi connectivity index (χ0n) is 16.7. The number of ether oxygens (including phenoxy) is 4. The third-order valence-corrected chi connectivity index (χ3v) is 4.87. The van der Waals surface area contributed by atoms with Crippen molar-refractivity contribution in [1.82, 2.24) is 0 Å². The van der Waals surface area contributed by atoms with Crippen LogP contribution in [-0.2, 0) is 0 Å².